The van der Waals surface area contributed by atoms with Crippen molar-refractivity contribution in [3.8, 4) is 0 Å². The van der Waals surface area contributed by atoms with Crippen molar-refractivity contribution in [2.75, 3.05) is 13.2 Å². The molecular weight excluding hydrogens is 289 g/mol. The minimum Gasteiger partial charge on any atom is -0.465 e. The van der Waals surface area contributed by atoms with Gasteiger partial charge < -0.3 is 9.47 Å². The molecule has 0 aliphatic heterocycles. The molecule has 0 saturated heterocycles. The van der Waals surface area contributed by atoms with Gasteiger partial charge >= 0.3 is 11.9 Å². The maximum absolute atomic E-state index is 12.0. The normalized spacial score (nSPS) is 11.2. The smallest absolute Gasteiger partial charge is 0.319 e. The van der Waals surface area contributed by atoms with Gasteiger partial charge in [0.15, 0.2) is 0 Å². The molecule has 0 aliphatic carbocycles. The lowest BCUT2D eigenvalue weighted by atomic mass is 9.45. The molecule has 0 N–H and O–H groups in total. The Morgan fingerprint density at radius 2 is 1.52 bits per heavy atom. The summed E-state index contributed by atoms with van der Waals surface area (Å²) in [5.41, 5.74) is 0.373. The highest BCUT2D eigenvalue weighted by Gasteiger charge is 2.43. The molecule has 7 heteroatoms. The van der Waals surface area contributed by atoms with E-state index in [2.05, 4.69) is 0 Å². The van der Waals surface area contributed by atoms with E-state index in [1.165, 1.54) is 0 Å². The van der Waals surface area contributed by atoms with Gasteiger partial charge in [-0.3, -0.25) is 9.59 Å². The van der Waals surface area contributed by atoms with Gasteiger partial charge in [-0.05, 0) is 26.0 Å². The third-order valence-corrected chi connectivity index (χ3v) is 3.12. The number of esters is 2. The van der Waals surface area contributed by atoms with Gasteiger partial charge in [-0.15, -0.1) is 0 Å². The molecule has 21 heavy (non-hydrogen) atoms. The number of carbonyl (C=O) groups excluding carboxylic acids is 2. The summed E-state index contributed by atoms with van der Waals surface area (Å²) in [6.45, 7) is 3.45. The molecule has 0 fully saturated rings. The third kappa shape index (κ3) is 4.27. The lowest BCUT2D eigenvalue weighted by molar-refractivity contribution is -0.162. The topological polar surface area (TPSA) is 52.6 Å². The summed E-state index contributed by atoms with van der Waals surface area (Å²) < 4.78 is 9.75. The Morgan fingerprint density at radius 3 is 1.90 bits per heavy atom. The van der Waals surface area contributed by atoms with Crippen molar-refractivity contribution in [3.05, 3.63) is 34.9 Å². The largest absolute Gasteiger partial charge is 0.465 e. The fourth-order valence-corrected chi connectivity index (χ4v) is 1.97. The van der Waals surface area contributed by atoms with Crippen LogP contribution >= 0.6 is 11.6 Å². The zero-order valence-corrected chi connectivity index (χ0v) is 12.7. The number of hydrogen-bond acceptors (Lipinski definition) is 4. The Hall–Kier alpha value is -1.42. The fraction of sp³-hybridized carbons (Fsp3) is 0.429. The molecule has 4 nitrogen and oxygen atoms in total. The van der Waals surface area contributed by atoms with Crippen molar-refractivity contribution < 1.29 is 19.1 Å². The number of benzene rings is 1. The van der Waals surface area contributed by atoms with Gasteiger partial charge in [0, 0.05) is 5.02 Å². The van der Waals surface area contributed by atoms with Gasteiger partial charge in [0.05, 0.1) is 28.9 Å². The van der Waals surface area contributed by atoms with Crippen LogP contribution in [0.2, 0.25) is 5.02 Å². The first-order valence-electron chi connectivity index (χ1n) is 6.51. The molecule has 0 aromatic heterocycles. The Bertz CT molecular complexity index is 484. The van der Waals surface area contributed by atoms with E-state index in [0.29, 0.717) is 10.6 Å². The van der Waals surface area contributed by atoms with E-state index >= 15 is 0 Å². The molecule has 1 aromatic rings. The monoisotopic (exact) mass is 304 g/mol. The van der Waals surface area contributed by atoms with Crippen LogP contribution in [0.15, 0.2) is 24.3 Å². The molecule has 108 valence electrons. The second-order valence-corrected chi connectivity index (χ2v) is 4.81. The summed E-state index contributed by atoms with van der Waals surface area (Å²) in [7, 11) is 12.1. The highest BCUT2D eigenvalue weighted by molar-refractivity contribution is 6.43. The summed E-state index contributed by atoms with van der Waals surface area (Å²) >= 11 is 5.80. The molecule has 0 saturated carbocycles. The number of carbonyl (C=O) groups is 2. The number of rotatable bonds is 6. The van der Waals surface area contributed by atoms with Crippen molar-refractivity contribution in [2.45, 2.75) is 19.1 Å². The first-order chi connectivity index (χ1) is 9.84. The average Bonchev–Trinajstić information content (AvgIpc) is 2.39. The van der Waals surface area contributed by atoms with Gasteiger partial charge in [0.2, 0.25) is 0 Å². The molecular formula is C14H15B2ClO4. The van der Waals surface area contributed by atoms with E-state index in [9.17, 15) is 9.59 Å². The predicted octanol–water partition coefficient (Wildman–Crippen LogP) is 1.57. The van der Waals surface area contributed by atoms with Crippen LogP contribution in [-0.4, -0.2) is 40.8 Å². The van der Waals surface area contributed by atoms with Gasteiger partial charge in [0.1, 0.15) is 5.92 Å². The second-order valence-electron chi connectivity index (χ2n) is 4.38. The number of hydrogen-bond donors (Lipinski definition) is 0. The first kappa shape index (κ1) is 17.6. The van der Waals surface area contributed by atoms with Crippen molar-refractivity contribution >= 4 is 39.2 Å². The van der Waals surface area contributed by atoms with Crippen LogP contribution < -0.4 is 0 Å². The van der Waals surface area contributed by atoms with Crippen LogP contribution in [0, 0.1) is 5.92 Å². The molecule has 0 atom stereocenters. The lowest BCUT2D eigenvalue weighted by Gasteiger charge is -2.32. The molecule has 0 amide bonds. The Labute approximate surface area is 132 Å². The molecule has 0 aliphatic rings. The molecule has 0 spiro atoms. The van der Waals surface area contributed by atoms with Gasteiger partial charge in [-0.25, -0.2) is 0 Å². The van der Waals surface area contributed by atoms with Crippen molar-refractivity contribution in [1.29, 1.82) is 0 Å². The van der Waals surface area contributed by atoms with E-state index in [-0.39, 0.29) is 13.2 Å². The number of halogens is 1. The van der Waals surface area contributed by atoms with E-state index in [4.69, 9.17) is 36.8 Å². The van der Waals surface area contributed by atoms with E-state index in [0.717, 1.165) is 0 Å². The Balaban J connectivity index is 3.18. The SMILES string of the molecule is [B]C([B])(c1ccc(Cl)cc1)C(C(=O)OCC)C(=O)OCC. The zero-order valence-electron chi connectivity index (χ0n) is 12.0. The van der Waals surface area contributed by atoms with Crippen molar-refractivity contribution in [3.63, 3.8) is 0 Å². The molecule has 1 rings (SSSR count). The van der Waals surface area contributed by atoms with Crippen LogP contribution in [0.25, 0.3) is 0 Å². The second kappa shape index (κ2) is 7.55. The molecule has 0 unspecified atom stereocenters. The lowest BCUT2D eigenvalue weighted by Crippen LogP contribution is -2.47. The summed E-state index contributed by atoms with van der Waals surface area (Å²) in [5.74, 6) is -3.11. The van der Waals surface area contributed by atoms with E-state index in [1.54, 1.807) is 38.1 Å². The summed E-state index contributed by atoms with van der Waals surface area (Å²) in [6.07, 6.45) is 0. The van der Waals surface area contributed by atoms with Crippen molar-refractivity contribution in [1.82, 2.24) is 0 Å². The summed E-state index contributed by atoms with van der Waals surface area (Å²) in [6, 6.07) is 6.24. The van der Waals surface area contributed by atoms with Gasteiger partial charge in [-0.2, -0.15) is 0 Å². The molecule has 0 heterocycles. The maximum Gasteiger partial charge on any atom is 0.319 e. The summed E-state index contributed by atoms with van der Waals surface area (Å²) in [4.78, 5) is 24.1. The highest BCUT2D eigenvalue weighted by atomic mass is 35.5. The molecule has 4 radical (unpaired) electrons. The van der Waals surface area contributed by atoms with Gasteiger partial charge in [-0.1, -0.05) is 34.5 Å². The zero-order chi connectivity index (χ0) is 16.0. The Kier molecular flexibility index (Phi) is 6.34. The maximum atomic E-state index is 12.0. The van der Waals surface area contributed by atoms with Crippen LogP contribution in [0.5, 0.6) is 0 Å². The third-order valence-electron chi connectivity index (χ3n) is 2.87. The minimum atomic E-state index is -1.76. The molecule has 1 aromatic carbocycles. The van der Waals surface area contributed by atoms with Crippen molar-refractivity contribution in [2.24, 2.45) is 5.92 Å². The van der Waals surface area contributed by atoms with Gasteiger partial charge in [0.25, 0.3) is 0 Å². The van der Waals surface area contributed by atoms with Crippen LogP contribution in [0.4, 0.5) is 0 Å². The number of ether oxygens (including phenoxy) is 2. The average molecular weight is 304 g/mol. The standard InChI is InChI=1S/C14H15B2ClO4/c1-3-20-12(18)11(13(19)21-4-2)14(15,16)9-5-7-10(17)8-6-9/h5-8,11H,3-4H2,1-2H3. The first-order valence-corrected chi connectivity index (χ1v) is 6.89. The van der Waals surface area contributed by atoms with Crippen LogP contribution in [0.3, 0.4) is 0 Å². The van der Waals surface area contributed by atoms with E-state index in [1.807, 2.05) is 0 Å². The van der Waals surface area contributed by atoms with Crippen LogP contribution in [-0.2, 0) is 24.3 Å². The summed E-state index contributed by atoms with van der Waals surface area (Å²) in [5, 5.41) is -1.28. The fourth-order valence-electron chi connectivity index (χ4n) is 1.84. The molecule has 0 bridgehead atoms. The van der Waals surface area contributed by atoms with E-state index < -0.39 is 23.1 Å². The quantitative estimate of drug-likeness (QED) is 0.455. The van der Waals surface area contributed by atoms with Crippen LogP contribution in [0.1, 0.15) is 19.4 Å². The highest BCUT2D eigenvalue weighted by Crippen LogP contribution is 2.29. The Morgan fingerprint density at radius 1 is 1.10 bits per heavy atom. The minimum absolute atomic E-state index is 0.103. The predicted molar refractivity (Wildman–Crippen MR) is 81.4 cm³/mol.